The molecule has 25 heavy (non-hydrogen) atoms. The molecule has 0 aliphatic heterocycles. The van der Waals surface area contributed by atoms with Crippen molar-refractivity contribution in [3.63, 3.8) is 0 Å². The normalized spacial score (nSPS) is 10.3. The van der Waals surface area contributed by atoms with Crippen LogP contribution in [0.3, 0.4) is 0 Å². The van der Waals surface area contributed by atoms with Gasteiger partial charge in [0.1, 0.15) is 5.69 Å². The Morgan fingerprint density at radius 1 is 1.08 bits per heavy atom. The number of nitrogens with one attached hydrogen (secondary N) is 1. The van der Waals surface area contributed by atoms with Crippen molar-refractivity contribution in [1.29, 1.82) is 0 Å². The molecule has 2 aromatic heterocycles. The molecule has 1 amide bonds. The maximum atomic E-state index is 12.4. The van der Waals surface area contributed by atoms with E-state index in [0.29, 0.717) is 12.3 Å². The van der Waals surface area contributed by atoms with E-state index < -0.39 is 5.97 Å². The number of rotatable bonds is 5. The number of furan rings is 1. The lowest BCUT2D eigenvalue weighted by Crippen LogP contribution is -2.25. The molecule has 0 spiro atoms. The highest BCUT2D eigenvalue weighted by molar-refractivity contribution is 6.05. The first-order valence-electron chi connectivity index (χ1n) is 7.63. The topological polar surface area (TPSA) is 81.4 Å². The Morgan fingerprint density at radius 3 is 2.52 bits per heavy atom. The first kappa shape index (κ1) is 16.4. The number of nitrogens with zero attached hydrogens (tertiary/aromatic N) is 1. The van der Waals surface area contributed by atoms with Gasteiger partial charge in [0.2, 0.25) is 0 Å². The molecule has 126 valence electrons. The van der Waals surface area contributed by atoms with Crippen molar-refractivity contribution >= 4 is 11.9 Å². The fourth-order valence-corrected chi connectivity index (χ4v) is 2.35. The molecule has 3 aromatic rings. The zero-order chi connectivity index (χ0) is 17.6. The molecular formula is C19H16N2O4. The largest absolute Gasteiger partial charge is 0.465 e. The van der Waals surface area contributed by atoms with Crippen LogP contribution in [0.5, 0.6) is 0 Å². The smallest absolute Gasteiger partial charge is 0.338 e. The van der Waals surface area contributed by atoms with Crippen molar-refractivity contribution in [2.24, 2.45) is 0 Å². The van der Waals surface area contributed by atoms with E-state index in [9.17, 15) is 9.59 Å². The summed E-state index contributed by atoms with van der Waals surface area (Å²) < 4.78 is 9.99. The van der Waals surface area contributed by atoms with E-state index in [0.717, 1.165) is 11.3 Å². The van der Waals surface area contributed by atoms with Crippen LogP contribution in [0.1, 0.15) is 26.3 Å². The van der Waals surface area contributed by atoms with Crippen molar-refractivity contribution in [2.75, 3.05) is 7.11 Å². The molecule has 0 aliphatic rings. The predicted octanol–water partition coefficient (Wildman–Crippen LogP) is 3.06. The van der Waals surface area contributed by atoms with Crippen LogP contribution in [-0.4, -0.2) is 24.0 Å². The lowest BCUT2D eigenvalue weighted by molar-refractivity contribution is 0.0596. The fourth-order valence-electron chi connectivity index (χ4n) is 2.35. The van der Waals surface area contributed by atoms with Gasteiger partial charge in [-0.25, -0.2) is 4.79 Å². The molecule has 0 unspecified atom stereocenters. The van der Waals surface area contributed by atoms with Crippen LogP contribution >= 0.6 is 0 Å². The van der Waals surface area contributed by atoms with Gasteiger partial charge in [0, 0.05) is 12.7 Å². The number of ether oxygens (including phenoxy) is 1. The van der Waals surface area contributed by atoms with Crippen LogP contribution in [0.2, 0.25) is 0 Å². The highest BCUT2D eigenvalue weighted by Gasteiger charge is 2.16. The Morgan fingerprint density at radius 2 is 1.88 bits per heavy atom. The molecule has 0 saturated heterocycles. The number of amides is 1. The van der Waals surface area contributed by atoms with E-state index in [4.69, 9.17) is 9.15 Å². The quantitative estimate of drug-likeness (QED) is 0.724. The van der Waals surface area contributed by atoms with E-state index in [2.05, 4.69) is 10.3 Å². The standard InChI is InChI=1S/C19H16N2O4/c1-24-19(23)15-6-3-2-5-14(15)18(22)21-12-13-8-9-16(20-11-13)17-7-4-10-25-17/h2-11H,12H2,1H3,(H,21,22). The summed E-state index contributed by atoms with van der Waals surface area (Å²) in [6, 6.07) is 13.8. The number of aromatic nitrogens is 1. The first-order valence-corrected chi connectivity index (χ1v) is 7.63. The predicted molar refractivity (Wildman–Crippen MR) is 90.9 cm³/mol. The number of benzene rings is 1. The summed E-state index contributed by atoms with van der Waals surface area (Å²) in [6.45, 7) is 0.291. The van der Waals surface area contributed by atoms with Gasteiger partial charge >= 0.3 is 5.97 Å². The minimum atomic E-state index is -0.546. The van der Waals surface area contributed by atoms with Crippen molar-refractivity contribution in [3.8, 4) is 11.5 Å². The van der Waals surface area contributed by atoms with Crippen LogP contribution in [0.25, 0.3) is 11.5 Å². The second kappa shape index (κ2) is 7.44. The highest BCUT2D eigenvalue weighted by atomic mass is 16.5. The van der Waals surface area contributed by atoms with E-state index in [1.165, 1.54) is 7.11 Å². The molecular weight excluding hydrogens is 320 g/mol. The second-order valence-electron chi connectivity index (χ2n) is 5.25. The van der Waals surface area contributed by atoms with Gasteiger partial charge in [-0.2, -0.15) is 0 Å². The summed E-state index contributed by atoms with van der Waals surface area (Å²) in [5, 5.41) is 2.78. The van der Waals surface area contributed by atoms with E-state index in [1.807, 2.05) is 18.2 Å². The molecule has 0 fully saturated rings. The third-order valence-corrected chi connectivity index (χ3v) is 3.63. The number of hydrogen-bond acceptors (Lipinski definition) is 5. The number of methoxy groups -OCH3 is 1. The van der Waals surface area contributed by atoms with Crippen LogP contribution < -0.4 is 5.32 Å². The van der Waals surface area contributed by atoms with E-state index in [1.54, 1.807) is 42.8 Å². The van der Waals surface area contributed by atoms with Crippen LogP contribution in [0.4, 0.5) is 0 Å². The Labute approximate surface area is 144 Å². The molecule has 6 nitrogen and oxygen atoms in total. The molecule has 1 N–H and O–H groups in total. The number of esters is 1. The van der Waals surface area contributed by atoms with Gasteiger partial charge in [-0.3, -0.25) is 9.78 Å². The molecule has 6 heteroatoms. The molecule has 0 bridgehead atoms. The number of carbonyl (C=O) groups is 2. The van der Waals surface area contributed by atoms with Crippen molar-refractivity contribution in [3.05, 3.63) is 77.7 Å². The maximum absolute atomic E-state index is 12.4. The van der Waals surface area contributed by atoms with Gasteiger partial charge in [-0.05, 0) is 35.9 Å². The molecule has 2 heterocycles. The summed E-state index contributed by atoms with van der Waals surface area (Å²) in [5.74, 6) is -0.214. The number of pyridine rings is 1. The molecule has 3 rings (SSSR count). The van der Waals surface area contributed by atoms with Crippen molar-refractivity contribution in [2.45, 2.75) is 6.54 Å². The van der Waals surface area contributed by atoms with Gasteiger partial charge in [-0.15, -0.1) is 0 Å². The lowest BCUT2D eigenvalue weighted by Gasteiger charge is -2.09. The fraction of sp³-hybridized carbons (Fsp3) is 0.105. The van der Waals surface area contributed by atoms with Crippen LogP contribution in [0.15, 0.2) is 65.4 Å². The monoisotopic (exact) mass is 336 g/mol. The summed E-state index contributed by atoms with van der Waals surface area (Å²) in [5.41, 5.74) is 2.05. The highest BCUT2D eigenvalue weighted by Crippen LogP contribution is 2.17. The van der Waals surface area contributed by atoms with E-state index in [-0.39, 0.29) is 17.0 Å². The summed E-state index contributed by atoms with van der Waals surface area (Å²) >= 11 is 0. The average molecular weight is 336 g/mol. The minimum Gasteiger partial charge on any atom is -0.465 e. The SMILES string of the molecule is COC(=O)c1ccccc1C(=O)NCc1ccc(-c2ccco2)nc1. The maximum Gasteiger partial charge on any atom is 0.338 e. The zero-order valence-electron chi connectivity index (χ0n) is 13.6. The van der Waals surface area contributed by atoms with Crippen molar-refractivity contribution in [1.82, 2.24) is 10.3 Å². The molecule has 0 aliphatic carbocycles. The number of hydrogen-bond donors (Lipinski definition) is 1. The van der Waals surface area contributed by atoms with Gasteiger partial charge < -0.3 is 14.5 Å². The van der Waals surface area contributed by atoms with Gasteiger partial charge in [0.25, 0.3) is 5.91 Å². The Kier molecular flexibility index (Phi) is 4.89. The van der Waals surface area contributed by atoms with Crippen LogP contribution in [-0.2, 0) is 11.3 Å². The zero-order valence-corrected chi connectivity index (χ0v) is 13.6. The lowest BCUT2D eigenvalue weighted by atomic mass is 10.1. The first-order chi connectivity index (χ1) is 12.2. The minimum absolute atomic E-state index is 0.230. The molecule has 0 atom stereocenters. The van der Waals surface area contributed by atoms with E-state index >= 15 is 0 Å². The van der Waals surface area contributed by atoms with Crippen molar-refractivity contribution < 1.29 is 18.7 Å². The summed E-state index contributed by atoms with van der Waals surface area (Å²) in [4.78, 5) is 28.4. The molecule has 1 aromatic carbocycles. The van der Waals surface area contributed by atoms with Gasteiger partial charge in [0.05, 0.1) is 24.5 Å². The third-order valence-electron chi connectivity index (χ3n) is 3.63. The number of carbonyl (C=O) groups excluding carboxylic acids is 2. The molecule has 0 radical (unpaired) electrons. The van der Waals surface area contributed by atoms with Gasteiger partial charge in [-0.1, -0.05) is 18.2 Å². The summed E-state index contributed by atoms with van der Waals surface area (Å²) in [6.07, 6.45) is 3.26. The van der Waals surface area contributed by atoms with Crippen LogP contribution in [0, 0.1) is 0 Å². The second-order valence-corrected chi connectivity index (χ2v) is 5.25. The third kappa shape index (κ3) is 3.74. The van der Waals surface area contributed by atoms with Gasteiger partial charge in [0.15, 0.2) is 5.76 Å². The Hall–Kier alpha value is -3.41. The average Bonchev–Trinajstić information content (AvgIpc) is 3.20. The summed E-state index contributed by atoms with van der Waals surface area (Å²) in [7, 11) is 1.28. The molecule has 0 saturated carbocycles. The Bertz CT molecular complexity index is 871. The Balaban J connectivity index is 1.68.